The maximum absolute atomic E-state index is 13.1. The van der Waals surface area contributed by atoms with Crippen LogP contribution in [-0.2, 0) is 0 Å². The number of hydrogen-bond acceptors (Lipinski definition) is 2. The first-order valence-corrected chi connectivity index (χ1v) is 6.94. The van der Waals surface area contributed by atoms with E-state index >= 15 is 0 Å². The fourth-order valence-electron chi connectivity index (χ4n) is 1.79. The van der Waals surface area contributed by atoms with Crippen LogP contribution in [0.1, 0.15) is 11.6 Å². The summed E-state index contributed by atoms with van der Waals surface area (Å²) < 4.78 is 14.0. The molecule has 2 aromatic carbocycles. The lowest BCUT2D eigenvalue weighted by Crippen LogP contribution is -2.20. The monoisotopic (exact) mass is 342 g/mol. The number of benzene rings is 2. The van der Waals surface area contributed by atoms with Gasteiger partial charge in [-0.1, -0.05) is 23.7 Å². The molecular formula is C14H13BrClFN2. The largest absolute Gasteiger partial charge is 0.377 e. The maximum atomic E-state index is 13.1. The Morgan fingerprint density at radius 1 is 1.26 bits per heavy atom. The van der Waals surface area contributed by atoms with Gasteiger partial charge in [0.1, 0.15) is 5.82 Å². The Balaban J connectivity index is 2.22. The number of halogens is 3. The molecule has 2 aromatic rings. The highest BCUT2D eigenvalue weighted by atomic mass is 79.9. The zero-order valence-corrected chi connectivity index (χ0v) is 12.4. The molecule has 0 aliphatic heterocycles. The molecule has 1 atom stereocenters. The lowest BCUT2D eigenvalue weighted by molar-refractivity contribution is 0.627. The molecule has 0 saturated carbocycles. The van der Waals surface area contributed by atoms with Gasteiger partial charge in [-0.3, -0.25) is 0 Å². The van der Waals surface area contributed by atoms with Gasteiger partial charge in [-0.05, 0) is 51.8 Å². The van der Waals surface area contributed by atoms with Crippen molar-refractivity contribution in [2.45, 2.75) is 6.04 Å². The van der Waals surface area contributed by atoms with Gasteiger partial charge in [-0.25, -0.2) is 4.39 Å². The summed E-state index contributed by atoms with van der Waals surface area (Å²) in [6, 6.07) is 11.8. The van der Waals surface area contributed by atoms with E-state index in [1.54, 1.807) is 12.1 Å². The fourth-order valence-corrected chi connectivity index (χ4v) is 2.22. The van der Waals surface area contributed by atoms with Gasteiger partial charge in [-0.15, -0.1) is 0 Å². The van der Waals surface area contributed by atoms with E-state index in [0.717, 1.165) is 10.0 Å². The number of nitrogens with one attached hydrogen (secondary N) is 1. The third-order valence-corrected chi connectivity index (χ3v) is 3.98. The molecule has 0 aliphatic carbocycles. The van der Waals surface area contributed by atoms with Crippen molar-refractivity contribution in [2.75, 3.05) is 11.9 Å². The minimum Gasteiger partial charge on any atom is -0.377 e. The molecular weight excluding hydrogens is 331 g/mol. The molecule has 100 valence electrons. The van der Waals surface area contributed by atoms with Crippen LogP contribution in [0.15, 0.2) is 46.9 Å². The average molecular weight is 344 g/mol. The molecule has 0 aromatic heterocycles. The third-order valence-electron chi connectivity index (χ3n) is 2.75. The molecule has 0 saturated heterocycles. The van der Waals surface area contributed by atoms with Gasteiger partial charge < -0.3 is 11.1 Å². The van der Waals surface area contributed by atoms with Crippen molar-refractivity contribution in [3.05, 3.63) is 63.3 Å². The zero-order chi connectivity index (χ0) is 13.8. The predicted octanol–water partition coefficient (Wildman–Crippen LogP) is 4.35. The Kier molecular flexibility index (Phi) is 4.80. The van der Waals surface area contributed by atoms with Crippen molar-refractivity contribution in [1.82, 2.24) is 0 Å². The number of rotatable bonds is 4. The summed E-state index contributed by atoms with van der Waals surface area (Å²) in [6.07, 6.45) is 0. The minimum atomic E-state index is -0.283. The first-order valence-electron chi connectivity index (χ1n) is 5.77. The normalized spacial score (nSPS) is 12.2. The Hall–Kier alpha value is -1.10. The van der Waals surface area contributed by atoms with Crippen LogP contribution in [0.5, 0.6) is 0 Å². The second-order valence-electron chi connectivity index (χ2n) is 4.12. The van der Waals surface area contributed by atoms with E-state index in [4.69, 9.17) is 17.3 Å². The molecule has 0 bridgehead atoms. The first-order chi connectivity index (χ1) is 9.10. The summed E-state index contributed by atoms with van der Waals surface area (Å²) in [5.74, 6) is -0.283. The molecule has 0 aliphatic rings. The Labute approximate surface area is 124 Å². The van der Waals surface area contributed by atoms with Crippen molar-refractivity contribution < 1.29 is 4.39 Å². The SMILES string of the molecule is NCC(Nc1cccc(F)c1)c1ccc(Br)c(Cl)c1. The van der Waals surface area contributed by atoms with E-state index < -0.39 is 0 Å². The fraction of sp³-hybridized carbons (Fsp3) is 0.143. The van der Waals surface area contributed by atoms with Crippen molar-refractivity contribution in [3.63, 3.8) is 0 Å². The average Bonchev–Trinajstić information content (AvgIpc) is 2.39. The Bertz CT molecular complexity index is 577. The second kappa shape index (κ2) is 6.37. The van der Waals surface area contributed by atoms with E-state index in [0.29, 0.717) is 17.3 Å². The highest BCUT2D eigenvalue weighted by molar-refractivity contribution is 9.10. The van der Waals surface area contributed by atoms with E-state index in [2.05, 4.69) is 21.2 Å². The Morgan fingerprint density at radius 2 is 2.05 bits per heavy atom. The van der Waals surface area contributed by atoms with Crippen LogP contribution in [0, 0.1) is 5.82 Å². The van der Waals surface area contributed by atoms with Gasteiger partial charge >= 0.3 is 0 Å². The van der Waals surface area contributed by atoms with Crippen molar-refractivity contribution >= 4 is 33.2 Å². The van der Waals surface area contributed by atoms with Crippen molar-refractivity contribution in [1.29, 1.82) is 0 Å². The summed E-state index contributed by atoms with van der Waals surface area (Å²) in [5.41, 5.74) is 7.42. The molecule has 2 nitrogen and oxygen atoms in total. The third kappa shape index (κ3) is 3.69. The van der Waals surface area contributed by atoms with Gasteiger partial charge in [-0.2, -0.15) is 0 Å². The summed E-state index contributed by atoms with van der Waals surface area (Å²) in [4.78, 5) is 0. The lowest BCUT2D eigenvalue weighted by atomic mass is 10.1. The van der Waals surface area contributed by atoms with Crippen LogP contribution in [0.25, 0.3) is 0 Å². The molecule has 0 heterocycles. The standard InChI is InChI=1S/C14H13BrClFN2/c15-12-5-4-9(6-13(12)16)14(8-18)19-11-3-1-2-10(17)7-11/h1-7,14,19H,8,18H2. The predicted molar refractivity (Wildman–Crippen MR) is 81.0 cm³/mol. The van der Waals surface area contributed by atoms with E-state index in [1.165, 1.54) is 12.1 Å². The van der Waals surface area contributed by atoms with Crippen molar-refractivity contribution in [2.24, 2.45) is 5.73 Å². The van der Waals surface area contributed by atoms with Crippen LogP contribution in [0.3, 0.4) is 0 Å². The zero-order valence-electron chi connectivity index (χ0n) is 10.0. The van der Waals surface area contributed by atoms with E-state index in [1.807, 2.05) is 18.2 Å². The van der Waals surface area contributed by atoms with Crippen LogP contribution in [0.4, 0.5) is 10.1 Å². The smallest absolute Gasteiger partial charge is 0.125 e. The van der Waals surface area contributed by atoms with Gasteiger partial charge in [0.25, 0.3) is 0 Å². The van der Waals surface area contributed by atoms with Crippen LogP contribution in [0.2, 0.25) is 5.02 Å². The minimum absolute atomic E-state index is 0.118. The molecule has 19 heavy (non-hydrogen) atoms. The van der Waals surface area contributed by atoms with Gasteiger partial charge in [0.15, 0.2) is 0 Å². The molecule has 0 amide bonds. The summed E-state index contributed by atoms with van der Waals surface area (Å²) in [5, 5.41) is 3.82. The molecule has 3 N–H and O–H groups in total. The summed E-state index contributed by atoms with van der Waals surface area (Å²) in [6.45, 7) is 0.383. The summed E-state index contributed by atoms with van der Waals surface area (Å²) >= 11 is 9.41. The molecule has 0 spiro atoms. The number of anilines is 1. The summed E-state index contributed by atoms with van der Waals surface area (Å²) in [7, 11) is 0. The highest BCUT2D eigenvalue weighted by Crippen LogP contribution is 2.27. The number of nitrogens with two attached hydrogens (primary N) is 1. The Morgan fingerprint density at radius 3 is 2.68 bits per heavy atom. The van der Waals surface area contributed by atoms with Gasteiger partial charge in [0.2, 0.25) is 0 Å². The molecule has 0 radical (unpaired) electrons. The van der Waals surface area contributed by atoms with Gasteiger partial charge in [0.05, 0.1) is 11.1 Å². The lowest BCUT2D eigenvalue weighted by Gasteiger charge is -2.19. The van der Waals surface area contributed by atoms with Crippen LogP contribution < -0.4 is 11.1 Å². The van der Waals surface area contributed by atoms with Crippen LogP contribution in [-0.4, -0.2) is 6.54 Å². The first kappa shape index (κ1) is 14.3. The molecule has 5 heteroatoms. The van der Waals surface area contributed by atoms with Gasteiger partial charge in [0, 0.05) is 16.7 Å². The quantitative estimate of drug-likeness (QED) is 0.866. The molecule has 2 rings (SSSR count). The second-order valence-corrected chi connectivity index (χ2v) is 5.38. The number of hydrogen-bond donors (Lipinski definition) is 2. The molecule has 0 fully saturated rings. The van der Waals surface area contributed by atoms with Crippen molar-refractivity contribution in [3.8, 4) is 0 Å². The van der Waals surface area contributed by atoms with E-state index in [-0.39, 0.29) is 11.9 Å². The topological polar surface area (TPSA) is 38.0 Å². The van der Waals surface area contributed by atoms with Crippen LogP contribution >= 0.6 is 27.5 Å². The van der Waals surface area contributed by atoms with E-state index in [9.17, 15) is 4.39 Å². The highest BCUT2D eigenvalue weighted by Gasteiger charge is 2.11. The maximum Gasteiger partial charge on any atom is 0.125 e. The molecule has 1 unspecified atom stereocenters.